The fraction of sp³-hybridized carbons (Fsp3) is 0.350. The molecular formula is C20H13F8N9O2. The summed E-state index contributed by atoms with van der Waals surface area (Å²) in [6.07, 6.45) is -11.1. The molecule has 1 aliphatic heterocycles. The molecule has 1 unspecified atom stereocenters. The molecule has 4 aromatic heterocycles. The molecular weight excluding hydrogens is 550 g/mol. The number of anilines is 2. The van der Waals surface area contributed by atoms with Gasteiger partial charge in [0.15, 0.2) is 16.9 Å². The smallest absolute Gasteiger partial charge is 0.383 e. The Bertz CT molecular complexity index is 1610. The van der Waals surface area contributed by atoms with Crippen molar-refractivity contribution in [1.29, 1.82) is 0 Å². The quantitative estimate of drug-likeness (QED) is 0.346. The van der Waals surface area contributed by atoms with Gasteiger partial charge in [-0.1, -0.05) is 5.16 Å². The molecule has 206 valence electrons. The number of rotatable bonds is 5. The molecule has 3 N–H and O–H groups in total. The van der Waals surface area contributed by atoms with Crippen LogP contribution < -0.4 is 11.1 Å². The lowest BCUT2D eigenvalue weighted by Crippen LogP contribution is -2.37. The molecule has 0 saturated heterocycles. The first kappa shape index (κ1) is 26.2. The summed E-state index contributed by atoms with van der Waals surface area (Å²) in [6.45, 7) is 0.282. The number of nitrogen functional groups attached to an aromatic ring is 1. The number of aromatic nitrogens is 7. The van der Waals surface area contributed by atoms with Gasteiger partial charge < -0.3 is 15.6 Å². The van der Waals surface area contributed by atoms with Gasteiger partial charge in [0, 0.05) is 19.2 Å². The Morgan fingerprint density at radius 1 is 1.10 bits per heavy atom. The highest BCUT2D eigenvalue weighted by atomic mass is 19.4. The van der Waals surface area contributed by atoms with E-state index in [1.165, 1.54) is 18.3 Å². The van der Waals surface area contributed by atoms with Crippen LogP contribution in [0.2, 0.25) is 0 Å². The number of hydrogen-bond donors (Lipinski definition) is 2. The Balaban J connectivity index is 1.57. The zero-order valence-corrected chi connectivity index (χ0v) is 19.2. The third-order valence-electron chi connectivity index (χ3n) is 6.00. The van der Waals surface area contributed by atoms with E-state index in [4.69, 9.17) is 10.3 Å². The number of nitrogens with two attached hydrogens (primary N) is 1. The van der Waals surface area contributed by atoms with Crippen LogP contribution in [0.4, 0.5) is 46.8 Å². The minimum absolute atomic E-state index is 0.0624. The van der Waals surface area contributed by atoms with E-state index in [9.17, 15) is 39.9 Å². The predicted octanol–water partition coefficient (Wildman–Crippen LogP) is 3.72. The number of fused-ring (bicyclic) bond motifs is 2. The molecule has 19 heteroatoms. The van der Waals surface area contributed by atoms with Crippen molar-refractivity contribution in [2.45, 2.75) is 43.6 Å². The SMILES string of the molecule is CC1(c2nc(C(F)(F)F)no2)C(=O)Nc2nc(-c3nn(CCC(F)(F)C(F)(F)F)c4ncccc34)nc(N)c21. The summed E-state index contributed by atoms with van der Waals surface area (Å²) in [5.74, 6) is -9.21. The molecule has 0 fully saturated rings. The number of alkyl halides is 8. The number of halogens is 8. The normalized spacial score (nSPS) is 18.0. The van der Waals surface area contributed by atoms with Crippen LogP contribution in [-0.4, -0.2) is 52.9 Å². The van der Waals surface area contributed by atoms with Crippen molar-refractivity contribution < 1.29 is 44.4 Å². The molecule has 4 aromatic rings. The Morgan fingerprint density at radius 3 is 2.46 bits per heavy atom. The van der Waals surface area contributed by atoms with Gasteiger partial charge in [0.2, 0.25) is 11.8 Å². The van der Waals surface area contributed by atoms with Crippen molar-refractivity contribution in [3.05, 3.63) is 35.6 Å². The van der Waals surface area contributed by atoms with Crippen LogP contribution in [0.25, 0.3) is 22.6 Å². The molecule has 0 aromatic carbocycles. The van der Waals surface area contributed by atoms with Crippen molar-refractivity contribution in [1.82, 2.24) is 34.9 Å². The largest absolute Gasteiger partial charge is 0.455 e. The van der Waals surface area contributed by atoms with E-state index >= 15 is 0 Å². The third kappa shape index (κ3) is 4.07. The maximum absolute atomic E-state index is 13.5. The molecule has 0 bridgehead atoms. The molecule has 39 heavy (non-hydrogen) atoms. The second kappa shape index (κ2) is 8.27. The van der Waals surface area contributed by atoms with Crippen LogP contribution in [0, 0.1) is 0 Å². The van der Waals surface area contributed by atoms with Gasteiger partial charge in [0.25, 0.3) is 5.82 Å². The van der Waals surface area contributed by atoms with E-state index in [1.807, 2.05) is 0 Å². The highest BCUT2D eigenvalue weighted by Crippen LogP contribution is 2.45. The number of aryl methyl sites for hydroxylation is 1. The van der Waals surface area contributed by atoms with Crippen LogP contribution in [0.15, 0.2) is 22.9 Å². The van der Waals surface area contributed by atoms with E-state index < -0.39 is 60.1 Å². The standard InChI is InChI=1S/C20H13F8N9O2/c1-17(16-34-14(36-39-16)19(23,24)25)8-10(29)31-12(32-11(8)33-15(17)38)9-7-3-2-5-30-13(7)37(35-9)6-4-18(21,22)20(26,27)28/h2-3,5H,4,6H2,1H3,(H3,29,31,32,33,38). The highest BCUT2D eigenvalue weighted by molar-refractivity contribution is 6.08. The van der Waals surface area contributed by atoms with E-state index in [2.05, 4.69) is 35.5 Å². The first-order valence-corrected chi connectivity index (χ1v) is 10.7. The van der Waals surface area contributed by atoms with Crippen molar-refractivity contribution in [3.63, 3.8) is 0 Å². The average Bonchev–Trinajstić information content (AvgIpc) is 3.53. The molecule has 1 amide bonds. The third-order valence-corrected chi connectivity index (χ3v) is 6.00. The second-order valence-corrected chi connectivity index (χ2v) is 8.55. The minimum Gasteiger partial charge on any atom is -0.383 e. The maximum atomic E-state index is 13.5. The van der Waals surface area contributed by atoms with E-state index in [1.54, 1.807) is 0 Å². The summed E-state index contributed by atoms with van der Waals surface area (Å²) in [4.78, 5) is 28.3. The van der Waals surface area contributed by atoms with Crippen LogP contribution in [-0.2, 0) is 22.9 Å². The lowest BCUT2D eigenvalue weighted by Gasteiger charge is -2.19. The summed E-state index contributed by atoms with van der Waals surface area (Å²) in [5.41, 5.74) is 3.68. The highest BCUT2D eigenvalue weighted by Gasteiger charge is 2.57. The number of carbonyl (C=O) groups is 1. The van der Waals surface area contributed by atoms with E-state index in [0.29, 0.717) is 0 Å². The lowest BCUT2D eigenvalue weighted by molar-refractivity contribution is -0.285. The molecule has 5 rings (SSSR count). The summed E-state index contributed by atoms with van der Waals surface area (Å²) in [7, 11) is 0. The van der Waals surface area contributed by atoms with Gasteiger partial charge in [-0.3, -0.25) is 4.79 Å². The van der Waals surface area contributed by atoms with Gasteiger partial charge in [-0.05, 0) is 19.1 Å². The monoisotopic (exact) mass is 563 g/mol. The molecule has 11 nitrogen and oxygen atoms in total. The van der Waals surface area contributed by atoms with Gasteiger partial charge in [0.1, 0.15) is 17.3 Å². The Morgan fingerprint density at radius 2 is 1.82 bits per heavy atom. The summed E-state index contributed by atoms with van der Waals surface area (Å²) >= 11 is 0. The Labute approximate surface area is 210 Å². The number of nitrogens with zero attached hydrogens (tertiary/aromatic N) is 7. The zero-order chi connectivity index (χ0) is 28.5. The minimum atomic E-state index is -5.77. The summed E-state index contributed by atoms with van der Waals surface area (Å²) in [5, 5.41) is 9.41. The van der Waals surface area contributed by atoms with Crippen LogP contribution in [0.5, 0.6) is 0 Å². The number of pyridine rings is 1. The lowest BCUT2D eigenvalue weighted by atomic mass is 9.84. The zero-order valence-electron chi connectivity index (χ0n) is 19.2. The van der Waals surface area contributed by atoms with Gasteiger partial charge in [0.05, 0.1) is 10.9 Å². The van der Waals surface area contributed by atoms with E-state index in [0.717, 1.165) is 11.6 Å². The van der Waals surface area contributed by atoms with Crippen molar-refractivity contribution in [3.8, 4) is 11.5 Å². The first-order valence-electron chi connectivity index (χ1n) is 10.7. The first-order chi connectivity index (χ1) is 18.0. The van der Waals surface area contributed by atoms with Crippen LogP contribution in [0.1, 0.15) is 30.6 Å². The molecule has 0 radical (unpaired) electrons. The van der Waals surface area contributed by atoms with Gasteiger partial charge in [-0.2, -0.15) is 45.2 Å². The molecule has 1 atom stereocenters. The average molecular weight is 563 g/mol. The van der Waals surface area contributed by atoms with Gasteiger partial charge in [-0.25, -0.2) is 19.6 Å². The van der Waals surface area contributed by atoms with Crippen molar-refractivity contribution in [2.75, 3.05) is 11.1 Å². The molecule has 5 heterocycles. The number of nitrogens with one attached hydrogen (secondary N) is 1. The molecule has 0 spiro atoms. The summed E-state index contributed by atoms with van der Waals surface area (Å²) in [6, 6.07) is 2.86. The number of hydrogen-bond acceptors (Lipinski definition) is 9. The predicted molar refractivity (Wildman–Crippen MR) is 113 cm³/mol. The van der Waals surface area contributed by atoms with Gasteiger partial charge in [-0.15, -0.1) is 0 Å². The fourth-order valence-corrected chi connectivity index (χ4v) is 3.98. The fourth-order valence-electron chi connectivity index (χ4n) is 3.98. The Kier molecular flexibility index (Phi) is 5.55. The topological polar surface area (TPSA) is 151 Å². The molecule has 0 aliphatic carbocycles. The van der Waals surface area contributed by atoms with Crippen LogP contribution in [0.3, 0.4) is 0 Å². The van der Waals surface area contributed by atoms with Crippen molar-refractivity contribution in [2.24, 2.45) is 0 Å². The van der Waals surface area contributed by atoms with E-state index in [-0.39, 0.29) is 33.9 Å². The van der Waals surface area contributed by atoms with Gasteiger partial charge >= 0.3 is 18.3 Å². The maximum Gasteiger partial charge on any atom is 0.455 e. The molecule has 1 aliphatic rings. The second-order valence-electron chi connectivity index (χ2n) is 8.55. The number of amides is 1. The number of carbonyl (C=O) groups excluding carboxylic acids is 1. The van der Waals surface area contributed by atoms with Crippen LogP contribution >= 0.6 is 0 Å². The Hall–Kier alpha value is -4.45. The van der Waals surface area contributed by atoms with Crippen molar-refractivity contribution >= 4 is 28.6 Å². The molecule has 0 saturated carbocycles. The summed E-state index contributed by atoms with van der Waals surface area (Å²) < 4.78 is 109.